The van der Waals surface area contributed by atoms with E-state index in [0.29, 0.717) is 6.54 Å². The van der Waals surface area contributed by atoms with Crippen molar-refractivity contribution in [1.82, 2.24) is 14.5 Å². The second-order valence-corrected chi connectivity index (χ2v) is 3.95. The van der Waals surface area contributed by atoms with Crippen LogP contribution in [0, 0.1) is 0 Å². The second kappa shape index (κ2) is 5.65. The van der Waals surface area contributed by atoms with Crippen LogP contribution in [0.4, 0.5) is 0 Å². The Bertz CT molecular complexity index is 447. The van der Waals surface area contributed by atoms with Crippen molar-refractivity contribution >= 4 is 0 Å². The van der Waals surface area contributed by atoms with Crippen molar-refractivity contribution in [3.05, 3.63) is 33.1 Å². The van der Waals surface area contributed by atoms with E-state index in [2.05, 4.69) is 12.2 Å². The molecule has 0 radical (unpaired) electrons. The number of nitrogens with zero attached hydrogens (tertiary/aromatic N) is 2. The molecule has 1 aromatic heterocycles. The Kier molecular flexibility index (Phi) is 4.49. The van der Waals surface area contributed by atoms with Crippen LogP contribution in [0.2, 0.25) is 0 Å². The lowest BCUT2D eigenvalue weighted by atomic mass is 10.1. The summed E-state index contributed by atoms with van der Waals surface area (Å²) in [5.41, 5.74) is -0.935. The van der Waals surface area contributed by atoms with Crippen molar-refractivity contribution in [2.75, 3.05) is 7.05 Å². The van der Waals surface area contributed by atoms with Gasteiger partial charge in [0.05, 0.1) is 0 Å². The SMILES string of the molecule is CCCC(Cn1ccn(C)c(=O)c1=O)NC. The van der Waals surface area contributed by atoms with E-state index in [1.54, 1.807) is 19.4 Å². The Hall–Kier alpha value is -1.36. The van der Waals surface area contributed by atoms with E-state index in [1.807, 2.05) is 7.05 Å². The van der Waals surface area contributed by atoms with Gasteiger partial charge < -0.3 is 14.5 Å². The van der Waals surface area contributed by atoms with Gasteiger partial charge in [-0.1, -0.05) is 13.3 Å². The average Bonchev–Trinajstić information content (AvgIpc) is 2.29. The highest BCUT2D eigenvalue weighted by Crippen LogP contribution is 1.97. The highest BCUT2D eigenvalue weighted by atomic mass is 16.2. The highest BCUT2D eigenvalue weighted by molar-refractivity contribution is 4.86. The molecule has 1 unspecified atom stereocenters. The number of hydrogen-bond donors (Lipinski definition) is 1. The van der Waals surface area contributed by atoms with Crippen LogP contribution in [-0.4, -0.2) is 22.2 Å². The van der Waals surface area contributed by atoms with E-state index >= 15 is 0 Å². The van der Waals surface area contributed by atoms with Crippen molar-refractivity contribution in [3.63, 3.8) is 0 Å². The topological polar surface area (TPSA) is 56.0 Å². The molecule has 1 aromatic rings. The summed E-state index contributed by atoms with van der Waals surface area (Å²) >= 11 is 0. The third-order valence-corrected chi connectivity index (χ3v) is 2.70. The Morgan fingerprint density at radius 3 is 2.56 bits per heavy atom. The van der Waals surface area contributed by atoms with E-state index in [-0.39, 0.29) is 6.04 Å². The summed E-state index contributed by atoms with van der Waals surface area (Å²) in [5.74, 6) is 0. The fourth-order valence-electron chi connectivity index (χ4n) is 1.65. The van der Waals surface area contributed by atoms with E-state index in [0.717, 1.165) is 12.8 Å². The molecule has 0 amide bonds. The Labute approximate surface area is 94.7 Å². The molecule has 1 heterocycles. The third kappa shape index (κ3) is 2.82. The summed E-state index contributed by atoms with van der Waals surface area (Å²) in [4.78, 5) is 23.1. The van der Waals surface area contributed by atoms with Gasteiger partial charge in [-0.25, -0.2) is 0 Å². The van der Waals surface area contributed by atoms with Crippen LogP contribution in [0.5, 0.6) is 0 Å². The van der Waals surface area contributed by atoms with Gasteiger partial charge in [-0.05, 0) is 13.5 Å². The zero-order valence-electron chi connectivity index (χ0n) is 10.1. The predicted octanol–water partition coefficient (Wildman–Crippen LogP) is -0.0649. The number of rotatable bonds is 5. The molecular formula is C11H19N3O2. The Balaban J connectivity index is 2.93. The molecule has 0 spiro atoms. The number of likely N-dealkylation sites (N-methyl/N-ethyl adjacent to an activating group) is 1. The normalized spacial score (nSPS) is 12.7. The third-order valence-electron chi connectivity index (χ3n) is 2.70. The molecule has 0 fully saturated rings. The lowest BCUT2D eigenvalue weighted by molar-refractivity contribution is 0.438. The summed E-state index contributed by atoms with van der Waals surface area (Å²) < 4.78 is 2.77. The molecule has 0 saturated carbocycles. The van der Waals surface area contributed by atoms with Crippen molar-refractivity contribution in [1.29, 1.82) is 0 Å². The van der Waals surface area contributed by atoms with Crippen molar-refractivity contribution < 1.29 is 0 Å². The minimum Gasteiger partial charge on any atom is -0.315 e. The molecule has 0 bridgehead atoms. The van der Waals surface area contributed by atoms with Gasteiger partial charge in [-0.3, -0.25) is 9.59 Å². The zero-order valence-corrected chi connectivity index (χ0v) is 10.1. The van der Waals surface area contributed by atoms with E-state index in [4.69, 9.17) is 0 Å². The molecule has 0 saturated heterocycles. The maximum atomic E-state index is 11.6. The number of aromatic nitrogens is 2. The Morgan fingerprint density at radius 2 is 2.00 bits per heavy atom. The quantitative estimate of drug-likeness (QED) is 0.714. The molecule has 1 atom stereocenters. The van der Waals surface area contributed by atoms with Crippen LogP contribution >= 0.6 is 0 Å². The van der Waals surface area contributed by atoms with Gasteiger partial charge >= 0.3 is 11.1 Å². The molecule has 5 heteroatoms. The van der Waals surface area contributed by atoms with Gasteiger partial charge in [-0.2, -0.15) is 0 Å². The first-order valence-corrected chi connectivity index (χ1v) is 5.53. The van der Waals surface area contributed by atoms with Crippen LogP contribution in [0.1, 0.15) is 19.8 Å². The van der Waals surface area contributed by atoms with Gasteiger partial charge in [0.1, 0.15) is 0 Å². The largest absolute Gasteiger partial charge is 0.316 e. The summed E-state index contributed by atoms with van der Waals surface area (Å²) in [5, 5.41) is 3.14. The first kappa shape index (κ1) is 12.7. The van der Waals surface area contributed by atoms with E-state index in [9.17, 15) is 9.59 Å². The molecule has 0 aliphatic carbocycles. The van der Waals surface area contributed by atoms with Gasteiger partial charge in [-0.15, -0.1) is 0 Å². The van der Waals surface area contributed by atoms with Crippen LogP contribution < -0.4 is 16.4 Å². The molecule has 16 heavy (non-hydrogen) atoms. The van der Waals surface area contributed by atoms with Crippen LogP contribution in [-0.2, 0) is 13.6 Å². The molecule has 0 aliphatic rings. The van der Waals surface area contributed by atoms with Crippen molar-refractivity contribution in [2.45, 2.75) is 32.4 Å². The molecule has 0 aliphatic heterocycles. The number of hydrogen-bond acceptors (Lipinski definition) is 3. The molecule has 0 aromatic carbocycles. The summed E-state index contributed by atoms with van der Waals surface area (Å²) in [6, 6.07) is 0.231. The number of aryl methyl sites for hydroxylation is 1. The van der Waals surface area contributed by atoms with Crippen LogP contribution in [0.3, 0.4) is 0 Å². The monoisotopic (exact) mass is 225 g/mol. The molecule has 90 valence electrons. The van der Waals surface area contributed by atoms with Crippen molar-refractivity contribution in [3.8, 4) is 0 Å². The fraction of sp³-hybridized carbons (Fsp3) is 0.636. The van der Waals surface area contributed by atoms with Crippen LogP contribution in [0.25, 0.3) is 0 Å². The minimum absolute atomic E-state index is 0.231. The smallest absolute Gasteiger partial charge is 0.315 e. The average molecular weight is 225 g/mol. The molecule has 1 rings (SSSR count). The lowest BCUT2D eigenvalue weighted by Gasteiger charge is -2.16. The van der Waals surface area contributed by atoms with Gasteiger partial charge in [0.25, 0.3) is 0 Å². The predicted molar refractivity (Wildman–Crippen MR) is 63.7 cm³/mol. The second-order valence-electron chi connectivity index (χ2n) is 3.95. The fourth-order valence-corrected chi connectivity index (χ4v) is 1.65. The summed E-state index contributed by atoms with van der Waals surface area (Å²) in [6.07, 6.45) is 5.30. The van der Waals surface area contributed by atoms with E-state index < -0.39 is 11.1 Å². The lowest BCUT2D eigenvalue weighted by Crippen LogP contribution is -2.43. The van der Waals surface area contributed by atoms with Gasteiger partial charge in [0.15, 0.2) is 0 Å². The highest BCUT2D eigenvalue weighted by Gasteiger charge is 2.08. The summed E-state index contributed by atoms with van der Waals surface area (Å²) in [7, 11) is 3.45. The van der Waals surface area contributed by atoms with Gasteiger partial charge in [0.2, 0.25) is 0 Å². The maximum absolute atomic E-state index is 11.6. The first-order valence-electron chi connectivity index (χ1n) is 5.53. The maximum Gasteiger partial charge on any atom is 0.316 e. The standard InChI is InChI=1S/C11H19N3O2/c1-4-5-9(12-2)8-14-7-6-13(3)10(15)11(14)16/h6-7,9,12H,4-5,8H2,1-3H3. The van der Waals surface area contributed by atoms with Crippen LogP contribution in [0.15, 0.2) is 22.0 Å². The first-order chi connectivity index (χ1) is 7.60. The summed E-state index contributed by atoms with van der Waals surface area (Å²) in [6.45, 7) is 2.64. The molecule has 5 nitrogen and oxygen atoms in total. The van der Waals surface area contributed by atoms with Gasteiger partial charge in [0, 0.05) is 32.0 Å². The van der Waals surface area contributed by atoms with E-state index in [1.165, 1.54) is 9.13 Å². The molecular weight excluding hydrogens is 206 g/mol. The minimum atomic E-state index is -0.478. The zero-order chi connectivity index (χ0) is 12.1. The van der Waals surface area contributed by atoms with Crippen molar-refractivity contribution in [2.24, 2.45) is 7.05 Å². The Morgan fingerprint density at radius 1 is 1.31 bits per heavy atom. The number of nitrogens with one attached hydrogen (secondary N) is 1. The molecule has 1 N–H and O–H groups in total.